The number of pyridine rings is 1. The van der Waals surface area contributed by atoms with Crippen molar-refractivity contribution in [3.8, 4) is 0 Å². The van der Waals surface area contributed by atoms with Gasteiger partial charge in [0.2, 0.25) is 0 Å². The number of hydrogen-bond donors (Lipinski definition) is 2. The first-order valence-corrected chi connectivity index (χ1v) is 7.54. The summed E-state index contributed by atoms with van der Waals surface area (Å²) in [5.74, 6) is 1.30. The minimum absolute atomic E-state index is 0.0281. The van der Waals surface area contributed by atoms with Crippen LogP contribution in [0.3, 0.4) is 0 Å². The van der Waals surface area contributed by atoms with E-state index in [9.17, 15) is 4.79 Å². The van der Waals surface area contributed by atoms with Crippen molar-refractivity contribution in [2.24, 2.45) is 11.8 Å². The van der Waals surface area contributed by atoms with E-state index in [0.29, 0.717) is 17.4 Å². The van der Waals surface area contributed by atoms with Gasteiger partial charge in [-0.15, -0.1) is 0 Å². The molecule has 4 heteroatoms. The van der Waals surface area contributed by atoms with Crippen LogP contribution >= 0.6 is 0 Å². The third-order valence-corrected chi connectivity index (χ3v) is 4.37. The number of carbonyl (C=O) groups is 1. The Morgan fingerprint density at radius 2 is 2.15 bits per heavy atom. The molecule has 0 radical (unpaired) electrons. The van der Waals surface area contributed by atoms with Gasteiger partial charge < -0.3 is 10.6 Å². The van der Waals surface area contributed by atoms with Crippen LogP contribution in [-0.2, 0) is 0 Å². The highest BCUT2D eigenvalue weighted by Gasteiger charge is 2.22. The lowest BCUT2D eigenvalue weighted by atomic mass is 9.80. The second-order valence-electron chi connectivity index (χ2n) is 5.85. The maximum atomic E-state index is 12.3. The van der Waals surface area contributed by atoms with Gasteiger partial charge in [0.1, 0.15) is 0 Å². The van der Waals surface area contributed by atoms with E-state index >= 15 is 0 Å². The topological polar surface area (TPSA) is 54.0 Å². The Kier molecular flexibility index (Phi) is 4.99. The first kappa shape index (κ1) is 14.8. The number of rotatable bonds is 4. The number of aryl methyl sites for hydroxylation is 1. The second kappa shape index (κ2) is 6.73. The average Bonchev–Trinajstić information content (AvgIpc) is 2.46. The molecule has 0 saturated heterocycles. The number of nitrogens with one attached hydrogen (secondary N) is 2. The van der Waals surface area contributed by atoms with Crippen LogP contribution in [0.5, 0.6) is 0 Å². The van der Waals surface area contributed by atoms with Crippen LogP contribution in [0.15, 0.2) is 12.3 Å². The SMILES string of the molecule is CNc1cc(C)ncc1C(=O)NCC1CCCCC1C. The Labute approximate surface area is 121 Å². The van der Waals surface area contributed by atoms with Crippen molar-refractivity contribution in [1.82, 2.24) is 10.3 Å². The Bertz CT molecular complexity index is 473. The molecular weight excluding hydrogens is 250 g/mol. The van der Waals surface area contributed by atoms with E-state index in [1.807, 2.05) is 20.0 Å². The maximum absolute atomic E-state index is 12.3. The molecular formula is C16H25N3O. The van der Waals surface area contributed by atoms with Gasteiger partial charge in [-0.2, -0.15) is 0 Å². The first-order valence-electron chi connectivity index (χ1n) is 7.54. The van der Waals surface area contributed by atoms with Crippen LogP contribution in [0.4, 0.5) is 5.69 Å². The van der Waals surface area contributed by atoms with Crippen LogP contribution in [-0.4, -0.2) is 24.5 Å². The monoisotopic (exact) mass is 275 g/mol. The van der Waals surface area contributed by atoms with Crippen molar-refractivity contribution in [2.75, 3.05) is 18.9 Å². The highest BCUT2D eigenvalue weighted by molar-refractivity contribution is 5.99. The zero-order valence-corrected chi connectivity index (χ0v) is 12.7. The lowest BCUT2D eigenvalue weighted by Crippen LogP contribution is -2.33. The molecule has 1 saturated carbocycles. The van der Waals surface area contributed by atoms with E-state index < -0.39 is 0 Å². The molecule has 20 heavy (non-hydrogen) atoms. The molecule has 1 aromatic rings. The van der Waals surface area contributed by atoms with Gasteiger partial charge in [0.25, 0.3) is 5.91 Å². The van der Waals surface area contributed by atoms with Gasteiger partial charge in [-0.1, -0.05) is 26.2 Å². The molecule has 1 fully saturated rings. The average molecular weight is 275 g/mol. The molecule has 2 N–H and O–H groups in total. The van der Waals surface area contributed by atoms with Crippen molar-refractivity contribution in [3.63, 3.8) is 0 Å². The highest BCUT2D eigenvalue weighted by atomic mass is 16.1. The van der Waals surface area contributed by atoms with Crippen LogP contribution < -0.4 is 10.6 Å². The van der Waals surface area contributed by atoms with E-state index in [0.717, 1.165) is 17.9 Å². The van der Waals surface area contributed by atoms with Crippen LogP contribution in [0, 0.1) is 18.8 Å². The number of nitrogens with zero attached hydrogens (tertiary/aromatic N) is 1. The van der Waals surface area contributed by atoms with Gasteiger partial charge in [-0.25, -0.2) is 0 Å². The lowest BCUT2D eigenvalue weighted by molar-refractivity contribution is 0.0937. The second-order valence-corrected chi connectivity index (χ2v) is 5.85. The standard InChI is InChI=1S/C16H25N3O/c1-11-6-4-5-7-13(11)9-19-16(20)14-10-18-12(2)8-15(14)17-3/h8,10-11,13H,4-7,9H2,1-3H3,(H,17,18)(H,19,20). The Morgan fingerprint density at radius 1 is 1.40 bits per heavy atom. The Morgan fingerprint density at radius 3 is 2.85 bits per heavy atom. The van der Waals surface area contributed by atoms with Crippen molar-refractivity contribution in [3.05, 3.63) is 23.5 Å². The van der Waals surface area contributed by atoms with Crippen molar-refractivity contribution in [2.45, 2.75) is 39.5 Å². The van der Waals surface area contributed by atoms with Crippen molar-refractivity contribution < 1.29 is 4.79 Å². The molecule has 0 bridgehead atoms. The molecule has 1 aliphatic carbocycles. The minimum Gasteiger partial charge on any atom is -0.387 e. The summed E-state index contributed by atoms with van der Waals surface area (Å²) in [6, 6.07) is 1.90. The minimum atomic E-state index is -0.0281. The summed E-state index contributed by atoms with van der Waals surface area (Å²) in [6.45, 7) is 4.99. The zero-order chi connectivity index (χ0) is 14.5. The number of anilines is 1. The molecule has 2 atom stereocenters. The van der Waals surface area contributed by atoms with Crippen molar-refractivity contribution >= 4 is 11.6 Å². The van der Waals surface area contributed by atoms with Crippen molar-refractivity contribution in [1.29, 1.82) is 0 Å². The van der Waals surface area contributed by atoms with E-state index in [1.54, 1.807) is 6.20 Å². The summed E-state index contributed by atoms with van der Waals surface area (Å²) in [4.78, 5) is 16.5. The van der Waals surface area contributed by atoms with E-state index in [1.165, 1.54) is 25.7 Å². The number of aromatic nitrogens is 1. The van der Waals surface area contributed by atoms with E-state index in [2.05, 4.69) is 22.5 Å². The summed E-state index contributed by atoms with van der Waals surface area (Å²) in [5.41, 5.74) is 2.38. The van der Waals surface area contributed by atoms with Gasteiger partial charge in [0.05, 0.1) is 11.3 Å². The fourth-order valence-electron chi connectivity index (χ4n) is 2.96. The third-order valence-electron chi connectivity index (χ3n) is 4.37. The third kappa shape index (κ3) is 3.50. The first-order chi connectivity index (χ1) is 9.61. The van der Waals surface area contributed by atoms with Gasteiger partial charge in [0, 0.05) is 25.5 Å². The molecule has 2 unspecified atom stereocenters. The van der Waals surface area contributed by atoms with E-state index in [4.69, 9.17) is 0 Å². The lowest BCUT2D eigenvalue weighted by Gasteiger charge is -2.28. The predicted octanol–water partition coefficient (Wildman–Crippen LogP) is 2.99. The number of hydrogen-bond acceptors (Lipinski definition) is 3. The van der Waals surface area contributed by atoms with Gasteiger partial charge in [-0.3, -0.25) is 9.78 Å². The smallest absolute Gasteiger partial charge is 0.254 e. The molecule has 0 aromatic carbocycles. The molecule has 1 amide bonds. The molecule has 2 rings (SSSR count). The number of amides is 1. The van der Waals surface area contributed by atoms with Crippen LogP contribution in [0.2, 0.25) is 0 Å². The largest absolute Gasteiger partial charge is 0.387 e. The molecule has 0 aliphatic heterocycles. The quantitative estimate of drug-likeness (QED) is 0.888. The molecule has 1 heterocycles. The molecule has 1 aliphatic rings. The molecule has 110 valence electrons. The summed E-state index contributed by atoms with van der Waals surface area (Å²) in [7, 11) is 1.83. The normalized spacial score (nSPS) is 22.4. The highest BCUT2D eigenvalue weighted by Crippen LogP contribution is 2.29. The summed E-state index contributed by atoms with van der Waals surface area (Å²) >= 11 is 0. The molecule has 0 spiro atoms. The maximum Gasteiger partial charge on any atom is 0.254 e. The fourth-order valence-corrected chi connectivity index (χ4v) is 2.96. The predicted molar refractivity (Wildman–Crippen MR) is 82.0 cm³/mol. The fraction of sp³-hybridized carbons (Fsp3) is 0.625. The van der Waals surface area contributed by atoms with Crippen LogP contribution in [0.25, 0.3) is 0 Å². The van der Waals surface area contributed by atoms with Gasteiger partial charge in [-0.05, 0) is 31.2 Å². The van der Waals surface area contributed by atoms with Crippen LogP contribution in [0.1, 0.15) is 48.7 Å². The molecule has 1 aromatic heterocycles. The Balaban J connectivity index is 1.98. The molecule has 4 nitrogen and oxygen atoms in total. The van der Waals surface area contributed by atoms with E-state index in [-0.39, 0.29) is 5.91 Å². The number of carbonyl (C=O) groups excluding carboxylic acids is 1. The summed E-state index contributed by atoms with van der Waals surface area (Å²) < 4.78 is 0. The Hall–Kier alpha value is -1.58. The van der Waals surface area contributed by atoms with Gasteiger partial charge >= 0.3 is 0 Å². The van der Waals surface area contributed by atoms with Gasteiger partial charge in [0.15, 0.2) is 0 Å². The summed E-state index contributed by atoms with van der Waals surface area (Å²) in [5, 5.41) is 6.14. The zero-order valence-electron chi connectivity index (χ0n) is 12.7. The summed E-state index contributed by atoms with van der Waals surface area (Å²) in [6.07, 6.45) is 6.79.